The summed E-state index contributed by atoms with van der Waals surface area (Å²) < 4.78 is 5.72. The first-order valence-electron chi connectivity index (χ1n) is 8.81. The maximum absolute atomic E-state index is 12.2. The first-order valence-corrected chi connectivity index (χ1v) is 8.81. The lowest BCUT2D eigenvalue weighted by molar-refractivity contribution is -0.122. The summed E-state index contributed by atoms with van der Waals surface area (Å²) in [4.78, 5) is 12.2. The number of piperidine rings is 1. The van der Waals surface area contributed by atoms with E-state index in [2.05, 4.69) is 10.6 Å². The Hall–Kier alpha value is -1.55. The quantitative estimate of drug-likeness (QED) is 0.810. The van der Waals surface area contributed by atoms with Crippen LogP contribution in [-0.4, -0.2) is 25.1 Å². The highest BCUT2D eigenvalue weighted by Gasteiger charge is 2.16. The van der Waals surface area contributed by atoms with E-state index in [-0.39, 0.29) is 18.1 Å². The van der Waals surface area contributed by atoms with Gasteiger partial charge in [0.2, 0.25) is 5.91 Å². The largest absolute Gasteiger partial charge is 0.491 e. The average molecular weight is 318 g/mol. The molecule has 0 aliphatic carbocycles. The molecule has 0 bridgehead atoms. The van der Waals surface area contributed by atoms with Crippen LogP contribution < -0.4 is 15.4 Å². The predicted molar refractivity (Wildman–Crippen MR) is 93.6 cm³/mol. The summed E-state index contributed by atoms with van der Waals surface area (Å²) in [5.41, 5.74) is 1.08. The van der Waals surface area contributed by atoms with Crippen LogP contribution in [0.4, 0.5) is 0 Å². The molecule has 1 unspecified atom stereocenters. The van der Waals surface area contributed by atoms with Gasteiger partial charge < -0.3 is 15.4 Å². The third kappa shape index (κ3) is 6.22. The molecule has 0 saturated carbocycles. The molecule has 0 aromatic heterocycles. The van der Waals surface area contributed by atoms with Gasteiger partial charge in [-0.25, -0.2) is 0 Å². The smallest absolute Gasteiger partial charge is 0.220 e. The van der Waals surface area contributed by atoms with Gasteiger partial charge >= 0.3 is 0 Å². The lowest BCUT2D eigenvalue weighted by Crippen LogP contribution is -2.30. The molecule has 1 aliphatic heterocycles. The molecule has 4 nitrogen and oxygen atoms in total. The summed E-state index contributed by atoms with van der Waals surface area (Å²) >= 11 is 0. The molecule has 2 rings (SSSR count). The summed E-state index contributed by atoms with van der Waals surface area (Å²) in [6.07, 6.45) is 4.16. The molecular weight excluding hydrogens is 288 g/mol. The number of rotatable bonds is 7. The van der Waals surface area contributed by atoms with Crippen molar-refractivity contribution in [1.82, 2.24) is 10.6 Å². The first-order chi connectivity index (χ1) is 11.0. The minimum Gasteiger partial charge on any atom is -0.491 e. The highest BCUT2D eigenvalue weighted by atomic mass is 16.5. The Bertz CT molecular complexity index is 496. The minimum absolute atomic E-state index is 0.00577. The third-order valence-corrected chi connectivity index (χ3v) is 4.35. The molecule has 1 heterocycles. The van der Waals surface area contributed by atoms with Crippen LogP contribution >= 0.6 is 0 Å². The second-order valence-corrected chi connectivity index (χ2v) is 6.76. The van der Waals surface area contributed by atoms with Gasteiger partial charge in [0, 0.05) is 6.42 Å². The zero-order valence-corrected chi connectivity index (χ0v) is 14.6. The normalized spacial score (nSPS) is 17.0. The zero-order valence-electron chi connectivity index (χ0n) is 14.6. The number of ether oxygens (including phenoxy) is 1. The Morgan fingerprint density at radius 2 is 2.04 bits per heavy atom. The van der Waals surface area contributed by atoms with E-state index in [0.717, 1.165) is 30.8 Å². The number of carbonyl (C=O) groups excluding carboxylic acids is 1. The molecule has 1 fully saturated rings. The van der Waals surface area contributed by atoms with Gasteiger partial charge in [0.15, 0.2) is 0 Å². The third-order valence-electron chi connectivity index (χ3n) is 4.35. The zero-order chi connectivity index (χ0) is 16.7. The first kappa shape index (κ1) is 17.8. The van der Waals surface area contributed by atoms with Crippen LogP contribution in [0.2, 0.25) is 0 Å². The van der Waals surface area contributed by atoms with Crippen LogP contribution in [0.25, 0.3) is 0 Å². The maximum atomic E-state index is 12.2. The molecular formula is C19H30N2O2. The van der Waals surface area contributed by atoms with Gasteiger partial charge in [0.05, 0.1) is 12.1 Å². The molecule has 1 amide bonds. The summed E-state index contributed by atoms with van der Waals surface area (Å²) in [7, 11) is 0. The van der Waals surface area contributed by atoms with Gasteiger partial charge in [-0.3, -0.25) is 4.79 Å². The molecule has 1 saturated heterocycles. The number of hydrogen-bond acceptors (Lipinski definition) is 3. The molecule has 1 aromatic rings. The van der Waals surface area contributed by atoms with E-state index in [1.165, 1.54) is 12.8 Å². The van der Waals surface area contributed by atoms with Crippen LogP contribution in [0.3, 0.4) is 0 Å². The monoisotopic (exact) mass is 318 g/mol. The van der Waals surface area contributed by atoms with Crippen molar-refractivity contribution in [2.45, 2.75) is 58.6 Å². The predicted octanol–water partition coefficient (Wildman–Crippen LogP) is 3.43. The van der Waals surface area contributed by atoms with Gasteiger partial charge in [-0.2, -0.15) is 0 Å². The lowest BCUT2D eigenvalue weighted by Gasteiger charge is -2.22. The van der Waals surface area contributed by atoms with Gasteiger partial charge in [-0.15, -0.1) is 0 Å². The lowest BCUT2D eigenvalue weighted by atomic mass is 9.93. The Morgan fingerprint density at radius 1 is 1.30 bits per heavy atom. The van der Waals surface area contributed by atoms with Crippen LogP contribution in [0.15, 0.2) is 24.3 Å². The van der Waals surface area contributed by atoms with E-state index in [0.29, 0.717) is 12.3 Å². The van der Waals surface area contributed by atoms with Gasteiger partial charge in [0.1, 0.15) is 5.75 Å². The summed E-state index contributed by atoms with van der Waals surface area (Å²) in [6.45, 7) is 8.23. The fourth-order valence-electron chi connectivity index (χ4n) is 3.03. The fourth-order valence-corrected chi connectivity index (χ4v) is 3.03. The van der Waals surface area contributed by atoms with Crippen molar-refractivity contribution in [3.05, 3.63) is 29.8 Å². The maximum Gasteiger partial charge on any atom is 0.220 e. The van der Waals surface area contributed by atoms with Crippen molar-refractivity contribution in [3.63, 3.8) is 0 Å². The van der Waals surface area contributed by atoms with Crippen molar-refractivity contribution in [2.75, 3.05) is 13.1 Å². The van der Waals surface area contributed by atoms with E-state index in [1.54, 1.807) is 0 Å². The van der Waals surface area contributed by atoms with E-state index >= 15 is 0 Å². The van der Waals surface area contributed by atoms with Crippen LogP contribution in [0, 0.1) is 5.92 Å². The Kier molecular flexibility index (Phi) is 6.90. The van der Waals surface area contributed by atoms with E-state index in [4.69, 9.17) is 4.74 Å². The molecule has 2 N–H and O–H groups in total. The molecule has 4 heteroatoms. The van der Waals surface area contributed by atoms with E-state index < -0.39 is 0 Å². The van der Waals surface area contributed by atoms with Gasteiger partial charge in [-0.05, 0) is 76.7 Å². The van der Waals surface area contributed by atoms with Crippen molar-refractivity contribution in [3.8, 4) is 5.75 Å². The number of amides is 1. The molecule has 0 spiro atoms. The van der Waals surface area contributed by atoms with Crippen molar-refractivity contribution in [1.29, 1.82) is 0 Å². The van der Waals surface area contributed by atoms with Crippen molar-refractivity contribution in [2.24, 2.45) is 5.92 Å². The summed E-state index contributed by atoms with van der Waals surface area (Å²) in [6, 6.07) is 7.98. The SMILES string of the molecule is CC(C)Oc1cccc(C(C)NC(=O)CCC2CCNCC2)c1. The van der Waals surface area contributed by atoms with Crippen molar-refractivity contribution < 1.29 is 9.53 Å². The summed E-state index contributed by atoms with van der Waals surface area (Å²) in [5.74, 6) is 1.69. The number of hydrogen-bond donors (Lipinski definition) is 2. The molecule has 1 aliphatic rings. The second-order valence-electron chi connectivity index (χ2n) is 6.76. The molecule has 128 valence electrons. The van der Waals surface area contributed by atoms with Crippen molar-refractivity contribution >= 4 is 5.91 Å². The van der Waals surface area contributed by atoms with Crippen LogP contribution in [0.5, 0.6) is 5.75 Å². The highest BCUT2D eigenvalue weighted by molar-refractivity contribution is 5.76. The molecule has 1 atom stereocenters. The standard InChI is InChI=1S/C19H30N2O2/c1-14(2)23-18-6-4-5-17(13-18)15(3)21-19(22)8-7-16-9-11-20-12-10-16/h4-6,13-16,20H,7-12H2,1-3H3,(H,21,22). The minimum atomic E-state index is 0.00577. The van der Waals surface area contributed by atoms with E-state index in [1.807, 2.05) is 45.0 Å². The number of nitrogens with one attached hydrogen (secondary N) is 2. The molecule has 23 heavy (non-hydrogen) atoms. The summed E-state index contributed by atoms with van der Waals surface area (Å²) in [5, 5.41) is 6.47. The van der Waals surface area contributed by atoms with Gasteiger partial charge in [0.25, 0.3) is 0 Å². The molecule has 0 radical (unpaired) electrons. The highest BCUT2D eigenvalue weighted by Crippen LogP contribution is 2.21. The number of benzene rings is 1. The Labute approximate surface area is 140 Å². The average Bonchev–Trinajstić information content (AvgIpc) is 2.53. The fraction of sp³-hybridized carbons (Fsp3) is 0.632. The van der Waals surface area contributed by atoms with Gasteiger partial charge in [-0.1, -0.05) is 12.1 Å². The number of carbonyl (C=O) groups is 1. The van der Waals surface area contributed by atoms with E-state index in [9.17, 15) is 4.79 Å². The second kappa shape index (κ2) is 8.92. The Morgan fingerprint density at radius 3 is 2.74 bits per heavy atom. The van der Waals surface area contributed by atoms with Crippen LogP contribution in [-0.2, 0) is 4.79 Å². The Balaban J connectivity index is 1.80. The molecule has 1 aromatic carbocycles. The topological polar surface area (TPSA) is 50.4 Å². The van der Waals surface area contributed by atoms with Crippen LogP contribution in [0.1, 0.15) is 58.1 Å².